The third-order valence-corrected chi connectivity index (χ3v) is 4.58. The van der Waals surface area contributed by atoms with E-state index in [-0.39, 0.29) is 9.92 Å². The molecule has 1 N–H and O–H groups in total. The molecule has 1 saturated heterocycles. The highest BCUT2D eigenvalue weighted by Gasteiger charge is 2.12. The van der Waals surface area contributed by atoms with Crippen molar-refractivity contribution in [3.8, 4) is 0 Å². The van der Waals surface area contributed by atoms with Gasteiger partial charge in [0.1, 0.15) is 0 Å². The van der Waals surface area contributed by atoms with Gasteiger partial charge in [0, 0.05) is 42.5 Å². The van der Waals surface area contributed by atoms with Crippen LogP contribution < -0.4 is 10.2 Å². The largest absolute Gasteiger partial charge is 0.381 e. The summed E-state index contributed by atoms with van der Waals surface area (Å²) in [6.07, 6.45) is 2.55. The van der Waals surface area contributed by atoms with E-state index < -0.39 is 0 Å². The Kier molecular flexibility index (Phi) is 4.06. The van der Waals surface area contributed by atoms with Crippen LogP contribution in [-0.2, 0) is 6.54 Å². The fraction of sp³-hybridized carbons (Fsp3) is 0.333. The average molecular weight is 303 g/mol. The van der Waals surface area contributed by atoms with Gasteiger partial charge in [0.2, 0.25) is 0 Å². The van der Waals surface area contributed by atoms with Gasteiger partial charge in [-0.05, 0) is 42.7 Å². The van der Waals surface area contributed by atoms with E-state index >= 15 is 0 Å². The van der Waals surface area contributed by atoms with Crippen LogP contribution in [-0.4, -0.2) is 18.0 Å². The van der Waals surface area contributed by atoms with Crippen molar-refractivity contribution in [2.45, 2.75) is 19.4 Å². The smallest absolute Gasteiger partial charge is 0.324 e. The predicted molar refractivity (Wildman–Crippen MR) is 86.2 cm³/mol. The van der Waals surface area contributed by atoms with Crippen molar-refractivity contribution in [1.29, 1.82) is 0 Å². The lowest BCUT2D eigenvalue weighted by Crippen LogP contribution is -2.17. The minimum Gasteiger partial charge on any atom is -0.381 e. The quantitative estimate of drug-likeness (QED) is 0.673. The number of nitrogens with one attached hydrogen (secondary N) is 1. The number of thiophene rings is 1. The van der Waals surface area contributed by atoms with Crippen LogP contribution in [0.25, 0.3) is 0 Å². The highest BCUT2D eigenvalue weighted by molar-refractivity contribution is 7.13. The van der Waals surface area contributed by atoms with Crippen molar-refractivity contribution in [1.82, 2.24) is 0 Å². The van der Waals surface area contributed by atoms with Crippen molar-refractivity contribution in [2.24, 2.45) is 0 Å². The Labute approximate surface area is 127 Å². The van der Waals surface area contributed by atoms with Crippen LogP contribution in [0.3, 0.4) is 0 Å². The molecule has 3 rings (SSSR count). The van der Waals surface area contributed by atoms with E-state index in [1.807, 2.05) is 5.38 Å². The van der Waals surface area contributed by atoms with E-state index in [0.717, 1.165) is 24.3 Å². The molecule has 0 unspecified atom stereocenters. The number of nitrogens with zero attached hydrogens (tertiary/aromatic N) is 2. The first-order valence-electron chi connectivity index (χ1n) is 7.03. The number of rotatable bonds is 5. The lowest BCUT2D eigenvalue weighted by atomic mass is 10.2. The van der Waals surface area contributed by atoms with Crippen molar-refractivity contribution in [3.05, 3.63) is 51.4 Å². The average Bonchev–Trinajstić information content (AvgIpc) is 3.17. The predicted octanol–water partition coefficient (Wildman–Crippen LogP) is 3.87. The molecule has 6 heteroatoms. The van der Waals surface area contributed by atoms with Crippen molar-refractivity contribution < 1.29 is 4.92 Å². The maximum Gasteiger partial charge on any atom is 0.324 e. The Bertz CT molecular complexity index is 618. The van der Waals surface area contributed by atoms with Crippen LogP contribution in [0.4, 0.5) is 16.4 Å². The Morgan fingerprint density at radius 3 is 2.57 bits per heavy atom. The molecule has 1 aromatic carbocycles. The van der Waals surface area contributed by atoms with Gasteiger partial charge in [-0.3, -0.25) is 10.1 Å². The van der Waals surface area contributed by atoms with Crippen LogP contribution in [0.2, 0.25) is 0 Å². The molecule has 5 nitrogen and oxygen atoms in total. The van der Waals surface area contributed by atoms with Crippen LogP contribution in [0.15, 0.2) is 35.7 Å². The summed E-state index contributed by atoms with van der Waals surface area (Å²) in [5, 5.41) is 16.0. The molecule has 0 bridgehead atoms. The molecule has 0 radical (unpaired) electrons. The summed E-state index contributed by atoms with van der Waals surface area (Å²) in [5.74, 6) is 0. The third-order valence-electron chi connectivity index (χ3n) is 3.66. The first-order valence-corrected chi connectivity index (χ1v) is 7.91. The second-order valence-corrected chi connectivity index (χ2v) is 6.03. The van der Waals surface area contributed by atoms with Gasteiger partial charge in [0.15, 0.2) is 0 Å². The van der Waals surface area contributed by atoms with Crippen LogP contribution in [0.5, 0.6) is 0 Å². The zero-order valence-electron chi connectivity index (χ0n) is 11.6. The van der Waals surface area contributed by atoms with Gasteiger partial charge in [-0.2, -0.15) is 0 Å². The lowest BCUT2D eigenvalue weighted by Gasteiger charge is -2.17. The summed E-state index contributed by atoms with van der Waals surface area (Å²) in [6.45, 7) is 2.89. The molecule has 0 atom stereocenters. The fourth-order valence-electron chi connectivity index (χ4n) is 2.52. The van der Waals surface area contributed by atoms with Crippen LogP contribution in [0.1, 0.15) is 18.4 Å². The molecular weight excluding hydrogens is 286 g/mol. The second kappa shape index (κ2) is 6.13. The topological polar surface area (TPSA) is 58.4 Å². The van der Waals surface area contributed by atoms with E-state index in [9.17, 15) is 10.1 Å². The van der Waals surface area contributed by atoms with Gasteiger partial charge < -0.3 is 10.2 Å². The molecule has 1 aliphatic heterocycles. The summed E-state index contributed by atoms with van der Waals surface area (Å²) in [6, 6.07) is 10.0. The summed E-state index contributed by atoms with van der Waals surface area (Å²) >= 11 is 1.17. The minimum atomic E-state index is -0.348. The number of hydrogen-bond donors (Lipinski definition) is 1. The zero-order valence-corrected chi connectivity index (χ0v) is 12.4. The Morgan fingerprint density at radius 2 is 1.95 bits per heavy atom. The molecule has 2 aromatic rings. The molecule has 2 heterocycles. The number of anilines is 2. The normalized spacial score (nSPS) is 14.4. The first kappa shape index (κ1) is 13.9. The van der Waals surface area contributed by atoms with Crippen LogP contribution >= 0.6 is 11.3 Å². The molecule has 0 spiro atoms. The van der Waals surface area contributed by atoms with Gasteiger partial charge in [-0.15, -0.1) is 0 Å². The second-order valence-electron chi connectivity index (χ2n) is 5.14. The third kappa shape index (κ3) is 3.33. The van der Waals surface area contributed by atoms with Gasteiger partial charge in [-0.1, -0.05) is 11.3 Å². The van der Waals surface area contributed by atoms with Gasteiger partial charge in [-0.25, -0.2) is 0 Å². The van der Waals surface area contributed by atoms with E-state index in [2.05, 4.69) is 34.5 Å². The Balaban J connectivity index is 1.58. The number of nitro groups is 1. The summed E-state index contributed by atoms with van der Waals surface area (Å²) in [4.78, 5) is 12.7. The van der Waals surface area contributed by atoms with E-state index in [0.29, 0.717) is 6.54 Å². The van der Waals surface area contributed by atoms with Gasteiger partial charge >= 0.3 is 5.00 Å². The van der Waals surface area contributed by atoms with Crippen molar-refractivity contribution in [3.63, 3.8) is 0 Å². The number of hydrogen-bond acceptors (Lipinski definition) is 5. The van der Waals surface area contributed by atoms with Gasteiger partial charge in [0.25, 0.3) is 0 Å². The summed E-state index contributed by atoms with van der Waals surface area (Å²) < 4.78 is 0. The molecule has 21 heavy (non-hydrogen) atoms. The Hall–Kier alpha value is -2.08. The molecular formula is C15H17N3O2S. The molecule has 110 valence electrons. The minimum absolute atomic E-state index is 0.191. The van der Waals surface area contributed by atoms with E-state index in [1.165, 1.54) is 29.9 Å². The zero-order chi connectivity index (χ0) is 14.7. The van der Waals surface area contributed by atoms with Crippen molar-refractivity contribution in [2.75, 3.05) is 23.3 Å². The van der Waals surface area contributed by atoms with E-state index in [1.54, 1.807) is 6.07 Å². The number of benzene rings is 1. The maximum atomic E-state index is 10.6. The SMILES string of the molecule is O=[N+]([O-])c1cc(CNc2ccc(N3CCCC3)cc2)cs1. The maximum absolute atomic E-state index is 10.6. The standard InChI is InChI=1S/C15H17N3O2S/c19-18(20)15-9-12(11-21-15)10-16-13-3-5-14(6-4-13)17-7-1-2-8-17/h3-6,9,11,16H,1-2,7-8,10H2. The lowest BCUT2D eigenvalue weighted by molar-refractivity contribution is -0.380. The summed E-state index contributed by atoms with van der Waals surface area (Å²) in [5.41, 5.74) is 3.24. The highest BCUT2D eigenvalue weighted by atomic mass is 32.1. The highest BCUT2D eigenvalue weighted by Crippen LogP contribution is 2.25. The van der Waals surface area contributed by atoms with E-state index in [4.69, 9.17) is 0 Å². The summed E-state index contributed by atoms with van der Waals surface area (Å²) in [7, 11) is 0. The van der Waals surface area contributed by atoms with Crippen molar-refractivity contribution >= 4 is 27.7 Å². The molecule has 1 aliphatic rings. The molecule has 0 amide bonds. The molecule has 0 saturated carbocycles. The van der Waals surface area contributed by atoms with Crippen LogP contribution in [0, 0.1) is 10.1 Å². The molecule has 1 aromatic heterocycles. The monoisotopic (exact) mass is 303 g/mol. The first-order chi connectivity index (χ1) is 10.2. The fourth-order valence-corrected chi connectivity index (χ4v) is 3.25. The Morgan fingerprint density at radius 1 is 1.24 bits per heavy atom. The van der Waals surface area contributed by atoms with Gasteiger partial charge in [0.05, 0.1) is 4.92 Å². The molecule has 0 aliphatic carbocycles. The molecule has 1 fully saturated rings.